The monoisotopic (exact) mass is 410 g/mol. The Labute approximate surface area is 184 Å². The van der Waals surface area contributed by atoms with Crippen LogP contribution < -0.4 is 0 Å². The van der Waals surface area contributed by atoms with Gasteiger partial charge in [0.05, 0.1) is 0 Å². The van der Waals surface area contributed by atoms with E-state index < -0.39 is 0 Å². The SMILES string of the molecule is CCCC(c1c(C)cc(O)c(C(C)(C)C)c1C)c1c(C)cc(O)c(C(C)(C)C)c1C. The largest absolute Gasteiger partial charge is 0.508 e. The van der Waals surface area contributed by atoms with Crippen molar-refractivity contribution in [3.8, 4) is 11.5 Å². The van der Waals surface area contributed by atoms with Gasteiger partial charge in [0.15, 0.2) is 0 Å². The number of hydrogen-bond donors (Lipinski definition) is 2. The van der Waals surface area contributed by atoms with Gasteiger partial charge in [-0.3, -0.25) is 0 Å². The number of phenols is 2. The number of rotatable bonds is 4. The Bertz CT molecular complexity index is 862. The van der Waals surface area contributed by atoms with Crippen LogP contribution in [-0.2, 0) is 10.8 Å². The predicted octanol–water partition coefficient (Wildman–Crippen LogP) is 7.86. The van der Waals surface area contributed by atoms with Crippen LogP contribution in [0.4, 0.5) is 0 Å². The smallest absolute Gasteiger partial charge is 0.119 e. The van der Waals surface area contributed by atoms with Gasteiger partial charge in [-0.2, -0.15) is 0 Å². The van der Waals surface area contributed by atoms with Crippen LogP contribution in [-0.4, -0.2) is 10.2 Å². The van der Waals surface area contributed by atoms with Crippen LogP contribution in [0.1, 0.15) is 112 Å². The van der Waals surface area contributed by atoms with Gasteiger partial charge in [0.1, 0.15) is 11.5 Å². The lowest BCUT2D eigenvalue weighted by atomic mass is 9.72. The van der Waals surface area contributed by atoms with E-state index in [9.17, 15) is 10.2 Å². The predicted molar refractivity (Wildman–Crippen MR) is 129 cm³/mol. The molecule has 0 aliphatic rings. The Morgan fingerprint density at radius 3 is 1.30 bits per heavy atom. The summed E-state index contributed by atoms with van der Waals surface area (Å²) in [7, 11) is 0. The molecular weight excluding hydrogens is 368 g/mol. The lowest BCUT2D eigenvalue weighted by Crippen LogP contribution is -2.19. The molecule has 2 heteroatoms. The first-order valence-electron chi connectivity index (χ1n) is 11.3. The molecule has 0 aromatic heterocycles. The van der Waals surface area contributed by atoms with E-state index in [2.05, 4.69) is 76.2 Å². The summed E-state index contributed by atoms with van der Waals surface area (Å²) in [5.41, 5.74) is 9.13. The number of benzene rings is 2. The van der Waals surface area contributed by atoms with Crippen LogP contribution >= 0.6 is 0 Å². The van der Waals surface area contributed by atoms with Crippen molar-refractivity contribution in [2.45, 2.75) is 106 Å². The van der Waals surface area contributed by atoms with Gasteiger partial charge in [0.2, 0.25) is 0 Å². The number of aryl methyl sites for hydroxylation is 2. The molecule has 0 heterocycles. The molecule has 0 aliphatic carbocycles. The third kappa shape index (κ3) is 4.38. The standard InChI is InChI=1S/C28H42O2/c1-12-13-20(23-16(2)14-21(29)25(18(23)4)27(6,7)8)24-17(3)15-22(30)26(19(24)5)28(9,10)11/h14-15,20,29-30H,12-13H2,1-11H3. The minimum absolute atomic E-state index is 0.136. The summed E-state index contributed by atoms with van der Waals surface area (Å²) in [5, 5.41) is 21.6. The highest BCUT2D eigenvalue weighted by Gasteiger charge is 2.31. The second-order valence-corrected chi connectivity index (χ2v) is 11.1. The molecule has 0 aliphatic heterocycles. The first-order valence-corrected chi connectivity index (χ1v) is 11.3. The average Bonchev–Trinajstić information content (AvgIpc) is 2.50. The zero-order chi connectivity index (χ0) is 23.2. The molecular formula is C28H42O2. The van der Waals surface area contributed by atoms with E-state index in [-0.39, 0.29) is 16.7 Å². The van der Waals surface area contributed by atoms with Crippen molar-refractivity contribution in [2.24, 2.45) is 0 Å². The average molecular weight is 411 g/mol. The molecule has 0 bridgehead atoms. The van der Waals surface area contributed by atoms with Gasteiger partial charge >= 0.3 is 0 Å². The molecule has 2 aromatic carbocycles. The molecule has 2 aromatic rings. The van der Waals surface area contributed by atoms with Crippen molar-refractivity contribution < 1.29 is 10.2 Å². The van der Waals surface area contributed by atoms with Gasteiger partial charge in [0, 0.05) is 17.0 Å². The normalized spacial score (nSPS) is 12.7. The quantitative estimate of drug-likeness (QED) is 0.538. The summed E-state index contributed by atoms with van der Waals surface area (Å²) < 4.78 is 0. The molecule has 0 fully saturated rings. The Hall–Kier alpha value is -1.96. The second kappa shape index (κ2) is 8.29. The van der Waals surface area contributed by atoms with Crippen LogP contribution in [0, 0.1) is 27.7 Å². The van der Waals surface area contributed by atoms with E-state index in [1.807, 2.05) is 12.1 Å². The molecule has 0 amide bonds. The lowest BCUT2D eigenvalue weighted by molar-refractivity contribution is 0.443. The van der Waals surface area contributed by atoms with Gasteiger partial charge < -0.3 is 10.2 Å². The fourth-order valence-corrected chi connectivity index (χ4v) is 5.64. The maximum atomic E-state index is 10.8. The fourth-order valence-electron chi connectivity index (χ4n) is 5.64. The van der Waals surface area contributed by atoms with E-state index in [0.29, 0.717) is 11.5 Å². The number of hydrogen-bond acceptors (Lipinski definition) is 2. The Kier molecular flexibility index (Phi) is 6.71. The zero-order valence-corrected chi connectivity index (χ0v) is 21.0. The highest BCUT2D eigenvalue weighted by molar-refractivity contribution is 5.59. The molecule has 0 unspecified atom stereocenters. The molecule has 2 rings (SSSR count). The van der Waals surface area contributed by atoms with Crippen molar-refractivity contribution >= 4 is 0 Å². The third-order valence-corrected chi connectivity index (χ3v) is 6.40. The molecule has 2 nitrogen and oxygen atoms in total. The molecule has 0 spiro atoms. The summed E-state index contributed by atoms with van der Waals surface area (Å²) in [6.07, 6.45) is 2.10. The summed E-state index contributed by atoms with van der Waals surface area (Å²) in [5.74, 6) is 1.02. The van der Waals surface area contributed by atoms with E-state index >= 15 is 0 Å². The van der Waals surface area contributed by atoms with Crippen LogP contribution in [0.25, 0.3) is 0 Å². The Morgan fingerprint density at radius 1 is 0.700 bits per heavy atom. The minimum Gasteiger partial charge on any atom is -0.508 e. The second-order valence-electron chi connectivity index (χ2n) is 11.1. The molecule has 2 N–H and O–H groups in total. The van der Waals surface area contributed by atoms with Crippen LogP contribution in [0.3, 0.4) is 0 Å². The molecule has 0 saturated carbocycles. The Balaban J connectivity index is 2.93. The van der Waals surface area contributed by atoms with E-state index in [1.54, 1.807) is 0 Å². The van der Waals surface area contributed by atoms with Crippen molar-refractivity contribution in [2.75, 3.05) is 0 Å². The highest BCUT2D eigenvalue weighted by atomic mass is 16.3. The Morgan fingerprint density at radius 2 is 1.03 bits per heavy atom. The molecule has 0 radical (unpaired) electrons. The van der Waals surface area contributed by atoms with Gasteiger partial charge in [0.25, 0.3) is 0 Å². The van der Waals surface area contributed by atoms with Crippen LogP contribution in [0.15, 0.2) is 12.1 Å². The van der Waals surface area contributed by atoms with E-state index in [0.717, 1.165) is 35.1 Å². The van der Waals surface area contributed by atoms with Gasteiger partial charge in [-0.25, -0.2) is 0 Å². The minimum atomic E-state index is -0.136. The topological polar surface area (TPSA) is 40.5 Å². The first kappa shape index (κ1) is 24.3. The maximum Gasteiger partial charge on any atom is 0.119 e. The van der Waals surface area contributed by atoms with E-state index in [1.165, 1.54) is 22.3 Å². The van der Waals surface area contributed by atoms with Crippen LogP contribution in [0.2, 0.25) is 0 Å². The highest BCUT2D eigenvalue weighted by Crippen LogP contribution is 2.46. The van der Waals surface area contributed by atoms with E-state index in [4.69, 9.17) is 0 Å². The van der Waals surface area contributed by atoms with Crippen molar-refractivity contribution in [1.82, 2.24) is 0 Å². The van der Waals surface area contributed by atoms with Gasteiger partial charge in [-0.1, -0.05) is 54.9 Å². The molecule has 0 atom stereocenters. The number of aromatic hydroxyl groups is 2. The van der Waals surface area contributed by atoms with Crippen molar-refractivity contribution in [3.05, 3.63) is 56.6 Å². The molecule has 0 saturated heterocycles. The van der Waals surface area contributed by atoms with Crippen molar-refractivity contribution in [1.29, 1.82) is 0 Å². The van der Waals surface area contributed by atoms with Gasteiger partial charge in [-0.05, 0) is 90.5 Å². The fraction of sp³-hybridized carbons (Fsp3) is 0.571. The zero-order valence-electron chi connectivity index (χ0n) is 21.0. The molecule has 166 valence electrons. The first-order chi connectivity index (χ1) is 13.6. The van der Waals surface area contributed by atoms with Crippen molar-refractivity contribution in [3.63, 3.8) is 0 Å². The lowest BCUT2D eigenvalue weighted by Gasteiger charge is -2.33. The van der Waals surface area contributed by atoms with Crippen LogP contribution in [0.5, 0.6) is 11.5 Å². The summed E-state index contributed by atoms with van der Waals surface area (Å²) in [4.78, 5) is 0. The maximum absolute atomic E-state index is 10.8. The number of phenolic OH excluding ortho intramolecular Hbond substituents is 2. The third-order valence-electron chi connectivity index (χ3n) is 6.40. The van der Waals surface area contributed by atoms with Gasteiger partial charge in [-0.15, -0.1) is 0 Å². The summed E-state index contributed by atoms with van der Waals surface area (Å²) >= 11 is 0. The molecule has 30 heavy (non-hydrogen) atoms. The summed E-state index contributed by atoms with van der Waals surface area (Å²) in [6.45, 7) is 23.8. The summed E-state index contributed by atoms with van der Waals surface area (Å²) in [6, 6.07) is 3.89.